The van der Waals surface area contributed by atoms with Gasteiger partial charge in [-0.05, 0) is 110 Å². The number of nitrogens with one attached hydrogen (secondary N) is 1. The second kappa shape index (κ2) is 10.6. The molecule has 2 aromatic carbocycles. The minimum atomic E-state index is -4.62. The molecule has 3 aromatic rings. The summed E-state index contributed by atoms with van der Waals surface area (Å²) in [5.41, 5.74) is 0.173. The van der Waals surface area contributed by atoms with Crippen molar-refractivity contribution in [1.82, 2.24) is 10.3 Å². The summed E-state index contributed by atoms with van der Waals surface area (Å²) < 4.78 is 84.1. The van der Waals surface area contributed by atoms with Gasteiger partial charge in [0.25, 0.3) is 15.9 Å². The number of alkyl halides is 3. The van der Waals surface area contributed by atoms with Gasteiger partial charge in [-0.3, -0.25) is 14.1 Å². The molecule has 6 rings (SSSR count). The lowest BCUT2D eigenvalue weighted by Crippen LogP contribution is -2.50. The molecule has 0 radical (unpaired) electrons. The Labute approximate surface area is 246 Å². The van der Waals surface area contributed by atoms with E-state index in [9.17, 15) is 30.8 Å². The number of carbonyl (C=O) groups excluding carboxylic acids is 1. The van der Waals surface area contributed by atoms with E-state index in [0.29, 0.717) is 11.3 Å². The fourth-order valence-corrected chi connectivity index (χ4v) is 9.43. The molecule has 1 saturated heterocycles. The van der Waals surface area contributed by atoms with Crippen LogP contribution < -0.4 is 9.62 Å². The van der Waals surface area contributed by atoms with E-state index in [1.165, 1.54) is 35.6 Å². The van der Waals surface area contributed by atoms with Crippen LogP contribution in [0.1, 0.15) is 58.4 Å². The summed E-state index contributed by atoms with van der Waals surface area (Å²) in [7, 11) is -4.06. The van der Waals surface area contributed by atoms with E-state index in [-0.39, 0.29) is 28.1 Å². The van der Waals surface area contributed by atoms with Crippen LogP contribution in [-0.2, 0) is 28.2 Å². The number of nitrogens with zero attached hydrogens (tertiary/aromatic N) is 2. The predicted molar refractivity (Wildman–Crippen MR) is 152 cm³/mol. The quantitative estimate of drug-likeness (QED) is 0.331. The molecule has 222 valence electrons. The first kappa shape index (κ1) is 29.0. The number of aryl methyl sites for hydroxylation is 1. The molecule has 1 atom stereocenters. The average molecular weight is 620 g/mol. The first-order chi connectivity index (χ1) is 19.9. The van der Waals surface area contributed by atoms with Gasteiger partial charge < -0.3 is 5.32 Å². The molecule has 0 bridgehead atoms. The van der Waals surface area contributed by atoms with E-state index in [1.54, 1.807) is 23.9 Å². The van der Waals surface area contributed by atoms with Gasteiger partial charge in [0, 0.05) is 17.2 Å². The van der Waals surface area contributed by atoms with Crippen LogP contribution in [0.2, 0.25) is 0 Å². The van der Waals surface area contributed by atoms with Gasteiger partial charge in [0.2, 0.25) is 0 Å². The molecule has 42 heavy (non-hydrogen) atoms. The van der Waals surface area contributed by atoms with Gasteiger partial charge in [-0.1, -0.05) is 0 Å². The van der Waals surface area contributed by atoms with Crippen molar-refractivity contribution < 1.29 is 30.8 Å². The molecule has 12 heteroatoms. The Morgan fingerprint density at radius 3 is 2.43 bits per heavy atom. The maximum Gasteiger partial charge on any atom is 0.418 e. The van der Waals surface area contributed by atoms with Gasteiger partial charge in [-0.2, -0.15) is 24.9 Å². The summed E-state index contributed by atoms with van der Waals surface area (Å²) in [5, 5.41) is 2.58. The van der Waals surface area contributed by atoms with E-state index in [0.717, 1.165) is 61.0 Å². The molecule has 1 spiro atoms. The van der Waals surface area contributed by atoms with Crippen molar-refractivity contribution in [3.05, 3.63) is 88.5 Å². The van der Waals surface area contributed by atoms with E-state index < -0.39 is 45.4 Å². The number of benzene rings is 2. The van der Waals surface area contributed by atoms with E-state index in [2.05, 4.69) is 10.3 Å². The Balaban J connectivity index is 1.38. The monoisotopic (exact) mass is 619 g/mol. The minimum absolute atomic E-state index is 0.00405. The fourth-order valence-electron chi connectivity index (χ4n) is 6.41. The standard InChI is InChI=1S/C30H29F4N3O3S2/c1-18-14-23(30(32,33)34)25(35-16-18)17-36-28(38)20-4-9-26-24(15-20)29(10-12-41-13-11-29)27(19-2-3-19)37(26)42(39,40)22-7-5-21(31)6-8-22/h4-9,14-16,19,27H,2-3,10-13,17H2,1H3,(H,36,38). The Kier molecular flexibility index (Phi) is 7.28. The van der Waals surface area contributed by atoms with Gasteiger partial charge in [0.05, 0.1) is 34.4 Å². The molecule has 1 unspecified atom stereocenters. The first-order valence-electron chi connectivity index (χ1n) is 13.7. The number of fused-ring (bicyclic) bond motifs is 2. The number of sulfonamides is 1. The SMILES string of the molecule is Cc1cnc(CNC(=O)c2ccc3c(c2)C2(CCSCC2)C(C2CC2)N3S(=O)(=O)c2ccc(F)cc2)c(C(F)(F)F)c1. The molecule has 1 amide bonds. The van der Waals surface area contributed by atoms with Gasteiger partial charge in [0.15, 0.2) is 0 Å². The lowest BCUT2D eigenvalue weighted by atomic mass is 9.70. The molecular formula is C30H29F4N3O3S2. The average Bonchev–Trinajstić information content (AvgIpc) is 3.76. The number of thioether (sulfide) groups is 1. The molecule has 2 aliphatic heterocycles. The Bertz CT molecular complexity index is 1630. The first-order valence-corrected chi connectivity index (χ1v) is 16.3. The van der Waals surface area contributed by atoms with Crippen molar-refractivity contribution in [2.24, 2.45) is 5.92 Å². The van der Waals surface area contributed by atoms with Gasteiger partial charge >= 0.3 is 6.18 Å². The molecule has 1 aromatic heterocycles. The number of hydrogen-bond donors (Lipinski definition) is 1. The van der Waals surface area contributed by atoms with Crippen LogP contribution in [-0.4, -0.2) is 36.9 Å². The molecule has 1 N–H and O–H groups in total. The molecule has 3 heterocycles. The molecule has 6 nitrogen and oxygen atoms in total. The Hall–Kier alpha value is -3.12. The van der Waals surface area contributed by atoms with Crippen molar-refractivity contribution in [1.29, 1.82) is 0 Å². The normalized spacial score (nSPS) is 20.0. The third kappa shape index (κ3) is 5.06. The van der Waals surface area contributed by atoms with Crippen LogP contribution in [0.3, 0.4) is 0 Å². The van der Waals surface area contributed by atoms with Gasteiger partial charge in [-0.15, -0.1) is 0 Å². The highest BCUT2D eigenvalue weighted by Crippen LogP contribution is 2.59. The zero-order chi connectivity index (χ0) is 29.9. The molecule has 3 aliphatic rings. The zero-order valence-electron chi connectivity index (χ0n) is 22.7. The van der Waals surface area contributed by atoms with Crippen LogP contribution in [0, 0.1) is 18.7 Å². The number of halogens is 4. The largest absolute Gasteiger partial charge is 0.418 e. The molecular weight excluding hydrogens is 590 g/mol. The van der Waals surface area contributed by atoms with Crippen molar-refractivity contribution in [3.8, 4) is 0 Å². The summed E-state index contributed by atoms with van der Waals surface area (Å²) in [6.45, 7) is 1.10. The molecule has 2 fully saturated rings. The predicted octanol–water partition coefficient (Wildman–Crippen LogP) is 6.23. The summed E-state index contributed by atoms with van der Waals surface area (Å²) in [4.78, 5) is 17.2. The number of rotatable bonds is 6. The highest BCUT2D eigenvalue weighted by Gasteiger charge is 2.59. The van der Waals surface area contributed by atoms with Crippen LogP contribution >= 0.6 is 11.8 Å². The smallest absolute Gasteiger partial charge is 0.346 e. The van der Waals surface area contributed by atoms with Gasteiger partial charge in [-0.25, -0.2) is 12.8 Å². The number of aromatic nitrogens is 1. The number of anilines is 1. The molecule has 1 aliphatic carbocycles. The second-order valence-corrected chi connectivity index (χ2v) is 14.3. The maximum absolute atomic E-state index is 14.1. The summed E-state index contributed by atoms with van der Waals surface area (Å²) in [6, 6.07) is 10.3. The Morgan fingerprint density at radius 2 is 1.79 bits per heavy atom. The third-order valence-electron chi connectivity index (χ3n) is 8.50. The highest BCUT2D eigenvalue weighted by atomic mass is 32.2. The van der Waals surface area contributed by atoms with E-state index in [1.807, 2.05) is 0 Å². The van der Waals surface area contributed by atoms with Crippen LogP contribution in [0.5, 0.6) is 0 Å². The summed E-state index contributed by atoms with van der Waals surface area (Å²) in [6.07, 6.45) is -0.0492. The van der Waals surface area contributed by atoms with E-state index >= 15 is 0 Å². The Morgan fingerprint density at radius 1 is 1.10 bits per heavy atom. The molecule has 1 saturated carbocycles. The van der Waals surface area contributed by atoms with Crippen LogP contribution in [0.4, 0.5) is 23.2 Å². The second-order valence-electron chi connectivity index (χ2n) is 11.2. The highest BCUT2D eigenvalue weighted by molar-refractivity contribution is 7.99. The third-order valence-corrected chi connectivity index (χ3v) is 11.3. The summed E-state index contributed by atoms with van der Waals surface area (Å²) >= 11 is 1.80. The van der Waals surface area contributed by atoms with Crippen molar-refractivity contribution >= 4 is 33.4 Å². The lowest BCUT2D eigenvalue weighted by molar-refractivity contribution is -0.138. The lowest BCUT2D eigenvalue weighted by Gasteiger charge is -2.41. The van der Waals surface area contributed by atoms with Gasteiger partial charge in [0.1, 0.15) is 5.82 Å². The number of pyridine rings is 1. The summed E-state index contributed by atoms with van der Waals surface area (Å²) in [5.74, 6) is 0.720. The van der Waals surface area contributed by atoms with Crippen molar-refractivity contribution in [2.45, 2.75) is 61.7 Å². The zero-order valence-corrected chi connectivity index (χ0v) is 24.4. The topological polar surface area (TPSA) is 79.4 Å². The number of hydrogen-bond acceptors (Lipinski definition) is 5. The van der Waals surface area contributed by atoms with E-state index in [4.69, 9.17) is 0 Å². The fraction of sp³-hybridized carbons (Fsp3) is 0.400. The van der Waals surface area contributed by atoms with Crippen molar-refractivity contribution in [2.75, 3.05) is 15.8 Å². The number of amides is 1. The minimum Gasteiger partial charge on any atom is -0.346 e. The van der Waals surface area contributed by atoms with Crippen molar-refractivity contribution in [3.63, 3.8) is 0 Å². The van der Waals surface area contributed by atoms with Crippen LogP contribution in [0.15, 0.2) is 59.6 Å². The number of carbonyl (C=O) groups is 1. The maximum atomic E-state index is 14.1. The van der Waals surface area contributed by atoms with Crippen LogP contribution in [0.25, 0.3) is 0 Å².